The van der Waals surface area contributed by atoms with Gasteiger partial charge in [-0.2, -0.15) is 0 Å². The van der Waals surface area contributed by atoms with Crippen LogP contribution in [-0.4, -0.2) is 19.9 Å². The fourth-order valence-electron chi connectivity index (χ4n) is 5.38. The average molecular weight is 527 g/mol. The lowest BCUT2D eigenvalue weighted by Crippen LogP contribution is -2.00. The summed E-state index contributed by atoms with van der Waals surface area (Å²) in [6, 6.07) is 41.0. The van der Waals surface area contributed by atoms with E-state index in [0.29, 0.717) is 17.5 Å². The molecule has 41 heavy (non-hydrogen) atoms. The summed E-state index contributed by atoms with van der Waals surface area (Å²) >= 11 is 0. The summed E-state index contributed by atoms with van der Waals surface area (Å²) in [5.74, 6) is 1.84. The van der Waals surface area contributed by atoms with E-state index in [0.717, 1.165) is 55.0 Å². The number of aromatic nitrogens is 4. The third-order valence-electron chi connectivity index (χ3n) is 7.41. The summed E-state index contributed by atoms with van der Waals surface area (Å²) in [4.78, 5) is 19.2. The van der Waals surface area contributed by atoms with Crippen LogP contribution in [0.15, 0.2) is 138 Å². The van der Waals surface area contributed by atoms with E-state index in [-0.39, 0.29) is 0 Å². The quantitative estimate of drug-likeness (QED) is 0.229. The van der Waals surface area contributed by atoms with Gasteiger partial charge in [0.05, 0.1) is 0 Å². The van der Waals surface area contributed by atoms with Gasteiger partial charge in [0.15, 0.2) is 17.5 Å². The Morgan fingerprint density at radius 3 is 1.85 bits per heavy atom. The zero-order chi connectivity index (χ0) is 27.2. The van der Waals surface area contributed by atoms with Gasteiger partial charge in [0.2, 0.25) is 0 Å². The van der Waals surface area contributed by atoms with Gasteiger partial charge in [-0.3, -0.25) is 4.98 Å². The number of hydrogen-bond donors (Lipinski definition) is 0. The predicted molar refractivity (Wildman–Crippen MR) is 164 cm³/mol. The first-order valence-corrected chi connectivity index (χ1v) is 13.5. The maximum absolute atomic E-state index is 6.32. The third-order valence-corrected chi connectivity index (χ3v) is 7.41. The molecule has 0 N–H and O–H groups in total. The van der Waals surface area contributed by atoms with Gasteiger partial charge in [0.25, 0.3) is 0 Å². The number of hydrogen-bond acceptors (Lipinski definition) is 5. The number of benzene rings is 5. The minimum Gasteiger partial charge on any atom is -0.456 e. The highest BCUT2D eigenvalue weighted by atomic mass is 16.3. The molecule has 0 spiro atoms. The molecule has 0 radical (unpaired) electrons. The van der Waals surface area contributed by atoms with Gasteiger partial charge in [0, 0.05) is 45.2 Å². The molecule has 5 heteroatoms. The van der Waals surface area contributed by atoms with Gasteiger partial charge < -0.3 is 4.42 Å². The van der Waals surface area contributed by atoms with Crippen LogP contribution in [0.4, 0.5) is 0 Å². The molecule has 3 heterocycles. The molecule has 8 rings (SSSR count). The van der Waals surface area contributed by atoms with Crippen molar-refractivity contribution in [1.82, 2.24) is 19.9 Å². The van der Waals surface area contributed by atoms with Crippen LogP contribution in [0.2, 0.25) is 0 Å². The first kappa shape index (κ1) is 23.2. The first-order valence-electron chi connectivity index (χ1n) is 13.5. The van der Waals surface area contributed by atoms with Crippen LogP contribution in [0, 0.1) is 0 Å². The Balaban J connectivity index is 1.34. The molecule has 5 aromatic carbocycles. The molecule has 0 fully saturated rings. The lowest BCUT2D eigenvalue weighted by atomic mass is 10.0. The van der Waals surface area contributed by atoms with E-state index in [4.69, 9.17) is 19.4 Å². The molecule has 0 saturated carbocycles. The molecule has 0 aliphatic rings. The predicted octanol–water partition coefficient (Wildman–Crippen LogP) is 8.99. The van der Waals surface area contributed by atoms with E-state index in [1.54, 1.807) is 6.20 Å². The highest BCUT2D eigenvalue weighted by molar-refractivity contribution is 6.15. The number of furan rings is 1. The lowest BCUT2D eigenvalue weighted by Gasteiger charge is -2.10. The minimum absolute atomic E-state index is 0.598. The van der Waals surface area contributed by atoms with Crippen molar-refractivity contribution in [2.24, 2.45) is 0 Å². The van der Waals surface area contributed by atoms with Crippen molar-refractivity contribution in [1.29, 1.82) is 0 Å². The van der Waals surface area contributed by atoms with Crippen LogP contribution < -0.4 is 0 Å². The van der Waals surface area contributed by atoms with Crippen LogP contribution in [-0.2, 0) is 0 Å². The number of rotatable bonds is 4. The van der Waals surface area contributed by atoms with Crippen LogP contribution in [0.3, 0.4) is 0 Å². The zero-order valence-corrected chi connectivity index (χ0v) is 21.9. The van der Waals surface area contributed by atoms with Gasteiger partial charge >= 0.3 is 0 Å². The fraction of sp³-hybridized carbons (Fsp3) is 0. The van der Waals surface area contributed by atoms with Crippen molar-refractivity contribution in [3.8, 4) is 45.3 Å². The Labute approximate surface area is 235 Å². The van der Waals surface area contributed by atoms with Crippen molar-refractivity contribution in [2.45, 2.75) is 0 Å². The Bertz CT molecular complexity index is 2190. The van der Waals surface area contributed by atoms with Crippen LogP contribution in [0.1, 0.15) is 0 Å². The monoisotopic (exact) mass is 526 g/mol. The minimum atomic E-state index is 0.598. The molecule has 0 bridgehead atoms. The molecule has 0 aliphatic heterocycles. The Kier molecular flexibility index (Phi) is 5.38. The van der Waals surface area contributed by atoms with Gasteiger partial charge in [-0.15, -0.1) is 0 Å². The molecule has 192 valence electrons. The smallest absolute Gasteiger partial charge is 0.164 e. The Morgan fingerprint density at radius 2 is 1.10 bits per heavy atom. The van der Waals surface area contributed by atoms with E-state index < -0.39 is 0 Å². The van der Waals surface area contributed by atoms with E-state index in [1.165, 1.54) is 5.56 Å². The maximum atomic E-state index is 6.32. The van der Waals surface area contributed by atoms with Gasteiger partial charge in [-0.05, 0) is 40.8 Å². The number of fused-ring (bicyclic) bond motifs is 4. The summed E-state index contributed by atoms with van der Waals surface area (Å²) in [5.41, 5.74) is 6.67. The number of pyridine rings is 1. The molecule has 8 aromatic rings. The van der Waals surface area contributed by atoms with Crippen molar-refractivity contribution < 1.29 is 4.42 Å². The highest BCUT2D eigenvalue weighted by Crippen LogP contribution is 2.38. The summed E-state index contributed by atoms with van der Waals surface area (Å²) in [7, 11) is 0. The average Bonchev–Trinajstić information content (AvgIpc) is 3.42. The van der Waals surface area contributed by atoms with Crippen LogP contribution >= 0.6 is 0 Å². The summed E-state index contributed by atoms with van der Waals surface area (Å²) in [6.45, 7) is 0. The van der Waals surface area contributed by atoms with Crippen molar-refractivity contribution in [2.75, 3.05) is 0 Å². The molecule has 0 aliphatic carbocycles. The second-order valence-corrected chi connectivity index (χ2v) is 9.97. The van der Waals surface area contributed by atoms with E-state index in [2.05, 4.69) is 59.6 Å². The summed E-state index contributed by atoms with van der Waals surface area (Å²) in [5, 5.41) is 4.12. The molecule has 0 amide bonds. The third kappa shape index (κ3) is 4.12. The summed E-state index contributed by atoms with van der Waals surface area (Å²) < 4.78 is 6.32. The summed E-state index contributed by atoms with van der Waals surface area (Å²) in [6.07, 6.45) is 3.68. The maximum Gasteiger partial charge on any atom is 0.164 e. The largest absolute Gasteiger partial charge is 0.456 e. The first-order chi connectivity index (χ1) is 20.3. The molecule has 5 nitrogen and oxygen atoms in total. The molecule has 0 atom stereocenters. The Morgan fingerprint density at radius 1 is 0.463 bits per heavy atom. The highest BCUT2D eigenvalue weighted by Gasteiger charge is 2.18. The molecule has 3 aromatic heterocycles. The van der Waals surface area contributed by atoms with Crippen LogP contribution in [0.5, 0.6) is 0 Å². The van der Waals surface area contributed by atoms with Gasteiger partial charge in [-0.1, -0.05) is 97.1 Å². The normalized spacial score (nSPS) is 11.4. The zero-order valence-electron chi connectivity index (χ0n) is 21.9. The molecular weight excluding hydrogens is 504 g/mol. The standard InChI is InChI=1S/C36H22N4O/c1-3-8-23(9-4-1)24-14-16-26(17-15-24)35-38-34(25-10-5-2-6-11-25)39-36(40-35)29-12-7-13-31-33(29)30-20-28-22-37-19-18-27(28)21-32(30)41-31/h1-22H. The second-order valence-electron chi connectivity index (χ2n) is 9.97. The SMILES string of the molecule is c1ccc(-c2ccc(-c3nc(-c4ccccc4)nc(-c4cccc5oc6cc7ccncc7cc6c45)n3)cc2)cc1. The topological polar surface area (TPSA) is 64.7 Å². The molecular formula is C36H22N4O. The van der Waals surface area contributed by atoms with E-state index in [1.807, 2.05) is 72.9 Å². The van der Waals surface area contributed by atoms with Crippen molar-refractivity contribution in [3.63, 3.8) is 0 Å². The van der Waals surface area contributed by atoms with Gasteiger partial charge in [0.1, 0.15) is 11.2 Å². The van der Waals surface area contributed by atoms with E-state index >= 15 is 0 Å². The van der Waals surface area contributed by atoms with Crippen LogP contribution in [0.25, 0.3) is 78.0 Å². The van der Waals surface area contributed by atoms with Crippen molar-refractivity contribution >= 4 is 32.7 Å². The van der Waals surface area contributed by atoms with Crippen molar-refractivity contribution in [3.05, 3.63) is 134 Å². The van der Waals surface area contributed by atoms with Gasteiger partial charge in [-0.25, -0.2) is 15.0 Å². The second kappa shape index (κ2) is 9.50. The Hall–Kier alpha value is -5.68. The van der Waals surface area contributed by atoms with E-state index in [9.17, 15) is 0 Å². The lowest BCUT2D eigenvalue weighted by molar-refractivity contribution is 0.669. The number of nitrogens with zero attached hydrogens (tertiary/aromatic N) is 4. The molecule has 0 saturated heterocycles. The fourth-order valence-corrected chi connectivity index (χ4v) is 5.38. The molecule has 0 unspecified atom stereocenters.